The SMILES string of the molecule is CCC(N)CSCc1ccc(SC)cc1. The molecule has 0 aliphatic heterocycles. The van der Waals surface area contributed by atoms with E-state index in [0.717, 1.165) is 17.9 Å². The lowest BCUT2D eigenvalue weighted by molar-refractivity contribution is 0.725. The van der Waals surface area contributed by atoms with E-state index in [2.05, 4.69) is 37.4 Å². The second kappa shape index (κ2) is 7.20. The van der Waals surface area contributed by atoms with Crippen molar-refractivity contribution in [1.82, 2.24) is 0 Å². The molecule has 3 heteroatoms. The van der Waals surface area contributed by atoms with Gasteiger partial charge in [0.05, 0.1) is 0 Å². The van der Waals surface area contributed by atoms with Gasteiger partial charge in [0.25, 0.3) is 0 Å². The Balaban J connectivity index is 2.31. The molecule has 1 atom stereocenters. The Morgan fingerprint density at radius 3 is 2.47 bits per heavy atom. The van der Waals surface area contributed by atoms with Gasteiger partial charge in [-0.05, 0) is 30.4 Å². The van der Waals surface area contributed by atoms with Gasteiger partial charge in [0, 0.05) is 22.4 Å². The molecule has 0 saturated carbocycles. The standard InChI is InChI=1S/C12H19NS2/c1-3-11(13)9-15-8-10-4-6-12(14-2)7-5-10/h4-7,11H,3,8-9,13H2,1-2H3. The predicted octanol–water partition coefficient (Wildman–Crippen LogP) is 3.38. The van der Waals surface area contributed by atoms with Crippen molar-refractivity contribution in [3.8, 4) is 0 Å². The van der Waals surface area contributed by atoms with Crippen molar-refractivity contribution in [1.29, 1.82) is 0 Å². The average molecular weight is 241 g/mol. The monoisotopic (exact) mass is 241 g/mol. The molecular formula is C12H19NS2. The molecule has 1 unspecified atom stereocenters. The maximum absolute atomic E-state index is 5.86. The molecule has 0 spiro atoms. The number of nitrogens with two attached hydrogens (primary N) is 1. The summed E-state index contributed by atoms with van der Waals surface area (Å²) in [4.78, 5) is 1.33. The molecule has 0 aliphatic carbocycles. The van der Waals surface area contributed by atoms with Crippen molar-refractivity contribution < 1.29 is 0 Å². The summed E-state index contributed by atoms with van der Waals surface area (Å²) < 4.78 is 0. The minimum Gasteiger partial charge on any atom is -0.327 e. The third kappa shape index (κ3) is 4.96. The van der Waals surface area contributed by atoms with E-state index in [1.165, 1.54) is 10.5 Å². The normalized spacial score (nSPS) is 12.7. The lowest BCUT2D eigenvalue weighted by Gasteiger charge is -2.08. The Kier molecular flexibility index (Phi) is 6.22. The van der Waals surface area contributed by atoms with Crippen LogP contribution >= 0.6 is 23.5 Å². The fourth-order valence-electron chi connectivity index (χ4n) is 1.17. The maximum atomic E-state index is 5.86. The molecule has 1 rings (SSSR count). The van der Waals surface area contributed by atoms with Crippen LogP contribution in [0.2, 0.25) is 0 Å². The zero-order valence-corrected chi connectivity index (χ0v) is 11.0. The molecule has 0 aliphatic rings. The molecule has 84 valence electrons. The van der Waals surface area contributed by atoms with Gasteiger partial charge in [-0.25, -0.2) is 0 Å². The largest absolute Gasteiger partial charge is 0.327 e. The van der Waals surface area contributed by atoms with Crippen molar-refractivity contribution in [2.24, 2.45) is 5.73 Å². The third-order valence-electron chi connectivity index (χ3n) is 2.28. The topological polar surface area (TPSA) is 26.0 Å². The predicted molar refractivity (Wildman–Crippen MR) is 72.7 cm³/mol. The molecule has 0 amide bonds. The Morgan fingerprint density at radius 1 is 1.27 bits per heavy atom. The van der Waals surface area contributed by atoms with Crippen LogP contribution in [-0.2, 0) is 5.75 Å². The molecule has 0 bridgehead atoms. The number of hydrogen-bond acceptors (Lipinski definition) is 3. The van der Waals surface area contributed by atoms with E-state index in [1.54, 1.807) is 11.8 Å². The number of rotatable bonds is 6. The van der Waals surface area contributed by atoms with Gasteiger partial charge in [-0.1, -0.05) is 19.1 Å². The smallest absolute Gasteiger partial charge is 0.0185 e. The van der Waals surface area contributed by atoms with Crippen molar-refractivity contribution in [3.05, 3.63) is 29.8 Å². The first-order valence-corrected chi connectivity index (χ1v) is 7.60. The van der Waals surface area contributed by atoms with Crippen molar-refractivity contribution in [2.75, 3.05) is 12.0 Å². The number of hydrogen-bond donors (Lipinski definition) is 1. The highest BCUT2D eigenvalue weighted by molar-refractivity contribution is 7.98. The van der Waals surface area contributed by atoms with Crippen LogP contribution in [0.5, 0.6) is 0 Å². The van der Waals surface area contributed by atoms with Crippen molar-refractivity contribution in [3.63, 3.8) is 0 Å². The average Bonchev–Trinajstić information content (AvgIpc) is 2.29. The van der Waals surface area contributed by atoms with Gasteiger partial charge in [0.15, 0.2) is 0 Å². The molecule has 0 radical (unpaired) electrons. The molecule has 0 heterocycles. The highest BCUT2D eigenvalue weighted by Crippen LogP contribution is 2.18. The number of benzene rings is 1. The van der Waals surface area contributed by atoms with Crippen molar-refractivity contribution in [2.45, 2.75) is 30.0 Å². The first kappa shape index (κ1) is 12.9. The molecule has 0 fully saturated rings. The van der Waals surface area contributed by atoms with Gasteiger partial charge in [-0.15, -0.1) is 11.8 Å². The Labute approximate surface area is 101 Å². The van der Waals surface area contributed by atoms with Crippen LogP contribution in [0.25, 0.3) is 0 Å². The van der Waals surface area contributed by atoms with Crippen LogP contribution in [0.3, 0.4) is 0 Å². The van der Waals surface area contributed by atoms with E-state index in [-0.39, 0.29) is 0 Å². The summed E-state index contributed by atoms with van der Waals surface area (Å²) in [7, 11) is 0. The minimum absolute atomic E-state index is 0.348. The summed E-state index contributed by atoms with van der Waals surface area (Å²) in [5.41, 5.74) is 7.25. The zero-order chi connectivity index (χ0) is 11.1. The molecule has 1 nitrogen and oxygen atoms in total. The highest BCUT2D eigenvalue weighted by Gasteiger charge is 1.99. The first-order chi connectivity index (χ1) is 7.26. The summed E-state index contributed by atoms with van der Waals surface area (Å²) in [6.07, 6.45) is 3.17. The van der Waals surface area contributed by atoms with Crippen LogP contribution in [0.1, 0.15) is 18.9 Å². The van der Waals surface area contributed by atoms with E-state index in [0.29, 0.717) is 6.04 Å². The van der Waals surface area contributed by atoms with Crippen LogP contribution < -0.4 is 5.73 Å². The Morgan fingerprint density at radius 2 is 1.93 bits per heavy atom. The van der Waals surface area contributed by atoms with Gasteiger partial charge >= 0.3 is 0 Å². The summed E-state index contributed by atoms with van der Waals surface area (Å²) in [6, 6.07) is 9.12. The molecule has 2 N–H and O–H groups in total. The van der Waals surface area contributed by atoms with Crippen molar-refractivity contribution >= 4 is 23.5 Å². The second-order valence-electron chi connectivity index (χ2n) is 3.53. The van der Waals surface area contributed by atoms with E-state index in [1.807, 2.05) is 11.8 Å². The van der Waals surface area contributed by atoms with Crippen LogP contribution in [0.15, 0.2) is 29.2 Å². The fraction of sp³-hybridized carbons (Fsp3) is 0.500. The van der Waals surface area contributed by atoms with Crippen LogP contribution in [-0.4, -0.2) is 18.1 Å². The van der Waals surface area contributed by atoms with E-state index < -0.39 is 0 Å². The quantitative estimate of drug-likeness (QED) is 0.773. The second-order valence-corrected chi connectivity index (χ2v) is 5.44. The highest BCUT2D eigenvalue weighted by atomic mass is 32.2. The maximum Gasteiger partial charge on any atom is 0.0185 e. The lowest BCUT2D eigenvalue weighted by atomic mass is 10.2. The van der Waals surface area contributed by atoms with Crippen LogP contribution in [0.4, 0.5) is 0 Å². The Hall–Kier alpha value is -0.120. The van der Waals surface area contributed by atoms with E-state index in [4.69, 9.17) is 5.73 Å². The molecule has 1 aromatic carbocycles. The Bertz CT molecular complexity index is 271. The lowest BCUT2D eigenvalue weighted by Crippen LogP contribution is -2.21. The van der Waals surface area contributed by atoms with Gasteiger partial charge in [0.1, 0.15) is 0 Å². The van der Waals surface area contributed by atoms with Crippen LogP contribution in [0, 0.1) is 0 Å². The minimum atomic E-state index is 0.348. The fourth-order valence-corrected chi connectivity index (χ4v) is 2.66. The summed E-state index contributed by atoms with van der Waals surface area (Å²) >= 11 is 3.70. The molecule has 0 saturated heterocycles. The van der Waals surface area contributed by atoms with E-state index >= 15 is 0 Å². The molecule has 1 aromatic rings. The summed E-state index contributed by atoms with van der Waals surface area (Å²) in [5, 5.41) is 0. The third-order valence-corrected chi connectivity index (χ3v) is 4.23. The molecule has 0 aromatic heterocycles. The van der Waals surface area contributed by atoms with Gasteiger partial charge in [-0.2, -0.15) is 11.8 Å². The first-order valence-electron chi connectivity index (χ1n) is 5.22. The summed E-state index contributed by atoms with van der Waals surface area (Å²) in [6.45, 7) is 2.14. The van der Waals surface area contributed by atoms with Gasteiger partial charge in [-0.3, -0.25) is 0 Å². The molecule has 15 heavy (non-hydrogen) atoms. The van der Waals surface area contributed by atoms with Gasteiger partial charge in [0.2, 0.25) is 0 Å². The zero-order valence-electron chi connectivity index (χ0n) is 9.40. The van der Waals surface area contributed by atoms with Gasteiger partial charge < -0.3 is 5.73 Å². The summed E-state index contributed by atoms with van der Waals surface area (Å²) in [5.74, 6) is 2.13. The molecular weight excluding hydrogens is 222 g/mol. The number of thioether (sulfide) groups is 2. The van der Waals surface area contributed by atoms with E-state index in [9.17, 15) is 0 Å².